The van der Waals surface area contributed by atoms with Crippen molar-refractivity contribution in [2.75, 3.05) is 0 Å². The molecule has 0 bridgehead atoms. The number of benzene rings is 1. The zero-order valence-electron chi connectivity index (χ0n) is 12.4. The first-order valence-electron chi connectivity index (χ1n) is 7.46. The highest BCUT2D eigenvalue weighted by atomic mass is 35.5. The van der Waals surface area contributed by atoms with Crippen LogP contribution in [0.3, 0.4) is 0 Å². The van der Waals surface area contributed by atoms with E-state index in [-0.39, 0.29) is 5.25 Å². The molecule has 0 spiro atoms. The molecule has 0 saturated heterocycles. The molecule has 114 valence electrons. The van der Waals surface area contributed by atoms with E-state index in [9.17, 15) is 0 Å². The summed E-state index contributed by atoms with van der Waals surface area (Å²) in [6, 6.07) is 10.4. The van der Waals surface area contributed by atoms with E-state index in [1.165, 1.54) is 24.6 Å². The Labute approximate surface area is 139 Å². The van der Waals surface area contributed by atoms with Crippen molar-refractivity contribution in [1.29, 1.82) is 5.26 Å². The van der Waals surface area contributed by atoms with Crippen LogP contribution in [0.25, 0.3) is 11.4 Å². The molecule has 1 aliphatic carbocycles. The lowest BCUT2D eigenvalue weighted by atomic mass is 10.2. The zero-order chi connectivity index (χ0) is 15.5. The van der Waals surface area contributed by atoms with E-state index in [1.54, 1.807) is 0 Å². The van der Waals surface area contributed by atoms with Crippen LogP contribution in [-0.2, 0) is 0 Å². The van der Waals surface area contributed by atoms with Gasteiger partial charge in [-0.05, 0) is 31.9 Å². The smallest absolute Gasteiger partial charge is 0.193 e. The van der Waals surface area contributed by atoms with Gasteiger partial charge in [0.1, 0.15) is 0 Å². The molecule has 1 heterocycles. The van der Waals surface area contributed by atoms with Crippen molar-refractivity contribution in [3.8, 4) is 17.5 Å². The molecule has 3 rings (SSSR count). The summed E-state index contributed by atoms with van der Waals surface area (Å²) in [5.74, 6) is 0.810. The monoisotopic (exact) mass is 332 g/mol. The van der Waals surface area contributed by atoms with Gasteiger partial charge in [-0.2, -0.15) is 5.26 Å². The Kier molecular flexibility index (Phi) is 4.70. The van der Waals surface area contributed by atoms with Gasteiger partial charge < -0.3 is 0 Å². The minimum absolute atomic E-state index is 0.150. The highest BCUT2D eigenvalue weighted by Crippen LogP contribution is 2.38. The molecular weight excluding hydrogens is 316 g/mol. The standard InChI is InChI=1S/C16H17ClN4S/c1-11(10-18)22-16-20-19-15(13-8-4-5-9-14(13)17)21(16)12-6-2-3-7-12/h4-5,8-9,11-12H,2-3,6-7H2,1H3/t11-/m1/s1. The van der Waals surface area contributed by atoms with Gasteiger partial charge in [-0.3, -0.25) is 4.57 Å². The maximum atomic E-state index is 9.07. The van der Waals surface area contributed by atoms with Crippen LogP contribution in [0.5, 0.6) is 0 Å². The second-order valence-corrected chi connectivity index (χ2v) is 7.20. The van der Waals surface area contributed by atoms with Gasteiger partial charge in [0.25, 0.3) is 0 Å². The van der Waals surface area contributed by atoms with Crippen LogP contribution in [0.1, 0.15) is 38.6 Å². The summed E-state index contributed by atoms with van der Waals surface area (Å²) in [6.45, 7) is 1.88. The third-order valence-corrected chi connectivity index (χ3v) is 5.21. The number of thioether (sulfide) groups is 1. The van der Waals surface area contributed by atoms with E-state index in [1.807, 2.05) is 31.2 Å². The molecule has 1 saturated carbocycles. The molecule has 1 fully saturated rings. The minimum Gasteiger partial charge on any atom is -0.299 e. The largest absolute Gasteiger partial charge is 0.299 e. The molecule has 0 amide bonds. The van der Waals surface area contributed by atoms with Crippen LogP contribution in [0, 0.1) is 11.3 Å². The first-order valence-corrected chi connectivity index (χ1v) is 8.72. The van der Waals surface area contributed by atoms with Crippen molar-refractivity contribution in [3.63, 3.8) is 0 Å². The maximum Gasteiger partial charge on any atom is 0.193 e. The van der Waals surface area contributed by atoms with Crippen LogP contribution in [0.2, 0.25) is 5.02 Å². The number of rotatable bonds is 4. The predicted octanol–water partition coefficient (Wildman–Crippen LogP) is 4.72. The molecule has 1 aliphatic rings. The highest BCUT2D eigenvalue weighted by Gasteiger charge is 2.26. The SMILES string of the molecule is C[C@H](C#N)Sc1nnc(-c2ccccc2Cl)n1C1CCCC1. The number of aromatic nitrogens is 3. The van der Waals surface area contributed by atoms with Crippen LogP contribution in [0.4, 0.5) is 0 Å². The van der Waals surface area contributed by atoms with Gasteiger partial charge in [0.2, 0.25) is 0 Å². The normalized spacial score (nSPS) is 16.6. The minimum atomic E-state index is -0.150. The number of nitrogens with zero attached hydrogens (tertiary/aromatic N) is 4. The van der Waals surface area contributed by atoms with Gasteiger partial charge in [0, 0.05) is 11.6 Å². The lowest BCUT2D eigenvalue weighted by Gasteiger charge is -2.17. The van der Waals surface area contributed by atoms with Crippen molar-refractivity contribution >= 4 is 23.4 Å². The van der Waals surface area contributed by atoms with E-state index in [0.29, 0.717) is 11.1 Å². The molecule has 1 atom stereocenters. The first kappa shape index (κ1) is 15.4. The van der Waals surface area contributed by atoms with Gasteiger partial charge in [0.05, 0.1) is 16.3 Å². The van der Waals surface area contributed by atoms with E-state index >= 15 is 0 Å². The molecule has 0 unspecified atom stereocenters. The lowest BCUT2D eigenvalue weighted by molar-refractivity contribution is 0.485. The summed E-state index contributed by atoms with van der Waals surface area (Å²) in [5.41, 5.74) is 0.903. The van der Waals surface area contributed by atoms with Crippen molar-refractivity contribution in [1.82, 2.24) is 14.8 Å². The molecule has 1 aromatic carbocycles. The second-order valence-electron chi connectivity index (χ2n) is 5.48. The van der Waals surface area contributed by atoms with E-state index in [2.05, 4.69) is 20.8 Å². The summed E-state index contributed by atoms with van der Waals surface area (Å²) in [4.78, 5) is 0. The molecule has 0 N–H and O–H groups in total. The third kappa shape index (κ3) is 2.99. The van der Waals surface area contributed by atoms with Crippen LogP contribution in [-0.4, -0.2) is 20.0 Å². The van der Waals surface area contributed by atoms with Gasteiger partial charge in [0.15, 0.2) is 11.0 Å². The highest BCUT2D eigenvalue weighted by molar-refractivity contribution is 8.00. The number of hydrogen-bond acceptors (Lipinski definition) is 4. The third-order valence-electron chi connectivity index (χ3n) is 3.93. The van der Waals surface area contributed by atoms with Gasteiger partial charge in [-0.1, -0.05) is 48.3 Å². The van der Waals surface area contributed by atoms with Crippen LogP contribution in [0.15, 0.2) is 29.4 Å². The van der Waals surface area contributed by atoms with Crippen LogP contribution >= 0.6 is 23.4 Å². The zero-order valence-corrected chi connectivity index (χ0v) is 13.9. The lowest BCUT2D eigenvalue weighted by Crippen LogP contribution is -2.09. The molecule has 22 heavy (non-hydrogen) atoms. The van der Waals surface area contributed by atoms with Crippen molar-refractivity contribution < 1.29 is 0 Å². The van der Waals surface area contributed by atoms with E-state index < -0.39 is 0 Å². The molecule has 6 heteroatoms. The van der Waals surface area contributed by atoms with Gasteiger partial charge in [-0.25, -0.2) is 0 Å². The molecule has 4 nitrogen and oxygen atoms in total. The Balaban J connectivity index is 2.06. The van der Waals surface area contributed by atoms with Crippen molar-refractivity contribution in [2.24, 2.45) is 0 Å². The summed E-state index contributed by atoms with van der Waals surface area (Å²) in [6.07, 6.45) is 4.71. The quantitative estimate of drug-likeness (QED) is 0.760. The average molecular weight is 333 g/mol. The Morgan fingerprint density at radius 3 is 2.73 bits per heavy atom. The van der Waals surface area contributed by atoms with E-state index in [4.69, 9.17) is 16.9 Å². The van der Waals surface area contributed by atoms with Gasteiger partial charge >= 0.3 is 0 Å². The topological polar surface area (TPSA) is 54.5 Å². The van der Waals surface area contributed by atoms with Crippen LogP contribution < -0.4 is 0 Å². The fraction of sp³-hybridized carbons (Fsp3) is 0.438. The summed E-state index contributed by atoms with van der Waals surface area (Å²) in [7, 11) is 0. The number of hydrogen-bond donors (Lipinski definition) is 0. The predicted molar refractivity (Wildman–Crippen MR) is 88.9 cm³/mol. The fourth-order valence-electron chi connectivity index (χ4n) is 2.86. The number of halogens is 1. The number of nitriles is 1. The molecular formula is C16H17ClN4S. The second kappa shape index (κ2) is 6.72. The Morgan fingerprint density at radius 1 is 1.32 bits per heavy atom. The molecule has 0 aliphatic heterocycles. The summed E-state index contributed by atoms with van der Waals surface area (Å²) < 4.78 is 2.19. The summed E-state index contributed by atoms with van der Waals surface area (Å²) in [5, 5.41) is 19.1. The molecule has 0 radical (unpaired) electrons. The van der Waals surface area contributed by atoms with Crippen molar-refractivity contribution in [3.05, 3.63) is 29.3 Å². The Morgan fingerprint density at radius 2 is 2.05 bits per heavy atom. The molecule has 2 aromatic rings. The average Bonchev–Trinajstić information content (AvgIpc) is 3.16. The van der Waals surface area contributed by atoms with Gasteiger partial charge in [-0.15, -0.1) is 10.2 Å². The maximum absolute atomic E-state index is 9.07. The molecule has 1 aromatic heterocycles. The first-order chi connectivity index (χ1) is 10.7. The fourth-order valence-corrected chi connectivity index (χ4v) is 3.89. The Hall–Kier alpha value is -1.51. The van der Waals surface area contributed by atoms with E-state index in [0.717, 1.165) is 29.4 Å². The van der Waals surface area contributed by atoms with Crippen molar-refractivity contribution in [2.45, 2.75) is 49.1 Å². The summed E-state index contributed by atoms with van der Waals surface area (Å²) >= 11 is 7.80. The Bertz CT molecular complexity index is 700.